The Morgan fingerprint density at radius 3 is 1.50 bits per heavy atom. The van der Waals surface area contributed by atoms with Crippen LogP contribution in [-0.4, -0.2) is 0 Å². The van der Waals surface area contributed by atoms with Gasteiger partial charge in [-0.25, -0.2) is 9.59 Å². The van der Waals surface area contributed by atoms with Crippen LogP contribution in [0.2, 0.25) is 0 Å². The summed E-state index contributed by atoms with van der Waals surface area (Å²) in [7, 11) is 0. The Hall–Kier alpha value is -0.676. The van der Waals surface area contributed by atoms with E-state index in [-0.39, 0.29) is 18.6 Å². The Kier molecular flexibility index (Phi) is 2.37. The quantitative estimate of drug-likeness (QED) is 0.361. The van der Waals surface area contributed by atoms with Crippen molar-refractivity contribution >= 4 is 0 Å². The summed E-state index contributed by atoms with van der Waals surface area (Å²) in [6, 6.07) is 0. The van der Waals surface area contributed by atoms with E-state index in [4.69, 9.17) is 0 Å². The fraction of sp³-hybridized carbons (Fsp3) is 0. The molecule has 0 bridgehead atoms. The summed E-state index contributed by atoms with van der Waals surface area (Å²) in [5.41, 5.74) is -2.25. The maximum atomic E-state index is 9.75. The van der Waals surface area contributed by atoms with Crippen molar-refractivity contribution in [1.82, 2.24) is 0 Å². The van der Waals surface area contributed by atoms with Crippen molar-refractivity contribution in [2.24, 2.45) is 0 Å². The van der Waals surface area contributed by atoms with E-state index in [1.54, 1.807) is 0 Å². The molecule has 1 heterocycles. The Bertz CT molecular complexity index is 215. The monoisotopic (exact) mass is 155 g/mol. The minimum atomic E-state index is -1.12. The molecule has 8 heavy (non-hydrogen) atoms. The third kappa shape index (κ3) is 1.15. The predicted octanol–water partition coefficient (Wildman–Crippen LogP) is -0.817. The Labute approximate surface area is 54.0 Å². The van der Waals surface area contributed by atoms with E-state index in [0.29, 0.717) is 0 Å². The van der Waals surface area contributed by atoms with E-state index in [1.165, 1.54) is 0 Å². The molecule has 0 atom stereocenters. The molecule has 0 unspecified atom stereocenters. The first-order valence-electron chi connectivity index (χ1n) is 1.40. The van der Waals surface area contributed by atoms with Gasteiger partial charge in [0.05, 0.1) is 0 Å². The Morgan fingerprint density at radius 2 is 1.38 bits per heavy atom. The summed E-state index contributed by atoms with van der Waals surface area (Å²) >= 11 is 0. The summed E-state index contributed by atoms with van der Waals surface area (Å²) in [6.45, 7) is 0. The van der Waals surface area contributed by atoms with Crippen LogP contribution >= 0.6 is 0 Å². The molecule has 1 aromatic rings. The number of hydrogen-bond acceptors (Lipinski definition) is 5. The summed E-state index contributed by atoms with van der Waals surface area (Å²) in [4.78, 5) is 19.5. The average molecular weight is 155 g/mol. The second-order valence-corrected chi connectivity index (χ2v) is 0.810. The Morgan fingerprint density at radius 1 is 1.00 bits per heavy atom. The van der Waals surface area contributed by atoms with Gasteiger partial charge in [-0.2, -0.15) is 9.15 Å². The van der Waals surface area contributed by atoms with Crippen LogP contribution in [0.25, 0.3) is 0 Å². The summed E-state index contributed by atoms with van der Waals surface area (Å²) in [6.07, 6.45) is 0. The van der Waals surface area contributed by atoms with E-state index in [1.807, 2.05) is 0 Å². The van der Waals surface area contributed by atoms with Gasteiger partial charge in [0.25, 0.3) is 0 Å². The standard InChI is InChI=1S/C2O5.V/c3-1-2(4)6-7-5-1;. The van der Waals surface area contributed by atoms with Gasteiger partial charge in [-0.3, -0.25) is 0 Å². The first kappa shape index (κ1) is 7.32. The third-order valence-corrected chi connectivity index (χ3v) is 0.386. The van der Waals surface area contributed by atoms with Crippen LogP contribution in [0.3, 0.4) is 0 Å². The fourth-order valence-corrected chi connectivity index (χ4v) is 0.147. The predicted molar refractivity (Wildman–Crippen MR) is 15.8 cm³/mol. The first-order chi connectivity index (χ1) is 3.30. The van der Waals surface area contributed by atoms with Crippen LogP contribution in [0.1, 0.15) is 0 Å². The molecule has 43 valence electrons. The second kappa shape index (κ2) is 2.59. The van der Waals surface area contributed by atoms with Gasteiger partial charge in [0.2, 0.25) is 0 Å². The smallest absolute Gasteiger partial charge is 0.233 e. The molecule has 0 N–H and O–H groups in total. The fourth-order valence-electron chi connectivity index (χ4n) is 0.147. The zero-order valence-electron chi connectivity index (χ0n) is 3.49. The third-order valence-electron chi connectivity index (χ3n) is 0.386. The van der Waals surface area contributed by atoms with Crippen LogP contribution in [0.15, 0.2) is 23.5 Å². The molecule has 0 amide bonds. The zero-order valence-corrected chi connectivity index (χ0v) is 4.89. The van der Waals surface area contributed by atoms with Crippen molar-refractivity contribution in [3.05, 3.63) is 20.8 Å². The normalized spacial score (nSPS) is 8.00. The van der Waals surface area contributed by atoms with Crippen LogP contribution in [-0.2, 0) is 18.6 Å². The van der Waals surface area contributed by atoms with E-state index in [2.05, 4.69) is 13.9 Å². The number of rotatable bonds is 0. The molecular weight excluding hydrogens is 155 g/mol. The molecule has 1 rings (SSSR count). The molecule has 0 aliphatic heterocycles. The van der Waals surface area contributed by atoms with E-state index >= 15 is 0 Å². The van der Waals surface area contributed by atoms with Crippen molar-refractivity contribution in [2.75, 3.05) is 0 Å². The van der Waals surface area contributed by atoms with Crippen LogP contribution in [0.4, 0.5) is 0 Å². The largest absolute Gasteiger partial charge is 0.471 e. The van der Waals surface area contributed by atoms with Crippen molar-refractivity contribution in [1.29, 1.82) is 0 Å². The molecule has 6 heteroatoms. The van der Waals surface area contributed by atoms with E-state index < -0.39 is 11.3 Å². The minimum absolute atomic E-state index is 0. The SMILES string of the molecule is O=c1oooc1=O.[V]. The molecule has 5 nitrogen and oxygen atoms in total. The molecule has 0 aromatic carbocycles. The summed E-state index contributed by atoms with van der Waals surface area (Å²) < 4.78 is 10.6. The van der Waals surface area contributed by atoms with Gasteiger partial charge < -0.3 is 0 Å². The molecule has 0 spiro atoms. The average Bonchev–Trinajstić information content (AvgIpc) is 1.91. The van der Waals surface area contributed by atoms with Crippen molar-refractivity contribution < 1.29 is 32.4 Å². The minimum Gasteiger partial charge on any atom is -0.233 e. The maximum absolute atomic E-state index is 9.75. The molecule has 1 radical (unpaired) electrons. The molecule has 0 fully saturated rings. The van der Waals surface area contributed by atoms with Crippen LogP contribution in [0, 0.1) is 0 Å². The van der Waals surface area contributed by atoms with E-state index in [0.717, 1.165) is 0 Å². The molecule has 0 aliphatic rings. The molecule has 0 saturated heterocycles. The van der Waals surface area contributed by atoms with Crippen molar-refractivity contribution in [3.8, 4) is 0 Å². The molecule has 0 aliphatic carbocycles. The first-order valence-corrected chi connectivity index (χ1v) is 1.40. The van der Waals surface area contributed by atoms with E-state index in [9.17, 15) is 9.59 Å². The van der Waals surface area contributed by atoms with Crippen molar-refractivity contribution in [2.45, 2.75) is 0 Å². The van der Waals surface area contributed by atoms with Crippen LogP contribution in [0.5, 0.6) is 0 Å². The molecular formula is C2O5V. The topological polar surface area (TPSA) is 73.6 Å². The van der Waals surface area contributed by atoms with Gasteiger partial charge in [0.15, 0.2) is 0 Å². The summed E-state index contributed by atoms with van der Waals surface area (Å²) in [5, 5.41) is 0. The Balaban J connectivity index is 0.000000490. The van der Waals surface area contributed by atoms with Crippen LogP contribution < -0.4 is 11.3 Å². The van der Waals surface area contributed by atoms with Gasteiger partial charge >= 0.3 is 11.3 Å². The second-order valence-electron chi connectivity index (χ2n) is 0.810. The van der Waals surface area contributed by atoms with Gasteiger partial charge in [-0.15, -0.1) is 0 Å². The number of hydrogen-bond donors (Lipinski definition) is 0. The summed E-state index contributed by atoms with van der Waals surface area (Å²) in [5.74, 6) is 0. The molecule has 1 aromatic heterocycles. The molecule has 0 saturated carbocycles. The van der Waals surface area contributed by atoms with Gasteiger partial charge in [0.1, 0.15) is 0 Å². The van der Waals surface area contributed by atoms with Gasteiger partial charge in [-0.05, 0) is 0 Å². The van der Waals surface area contributed by atoms with Gasteiger partial charge in [0, 0.05) is 18.6 Å². The zero-order chi connectivity index (χ0) is 5.28. The van der Waals surface area contributed by atoms with Crippen molar-refractivity contribution in [3.63, 3.8) is 0 Å². The maximum Gasteiger partial charge on any atom is 0.471 e. The van der Waals surface area contributed by atoms with Gasteiger partial charge in [-0.1, -0.05) is 4.74 Å².